The normalized spacial score (nSPS) is 12.4. The number of amides is 2. The molecule has 0 saturated carbocycles. The van der Waals surface area contributed by atoms with E-state index in [-0.39, 0.29) is 27.7 Å². The first-order chi connectivity index (χ1) is 12.6. The number of hydrogen-bond donors (Lipinski definition) is 2. The summed E-state index contributed by atoms with van der Waals surface area (Å²) in [5.41, 5.74) is -0.400. The third-order valence-corrected chi connectivity index (χ3v) is 4.48. The molecule has 2 N–H and O–H groups in total. The third kappa shape index (κ3) is 5.61. The molecular formula is C18H15Cl2F3N2O2. The van der Waals surface area contributed by atoms with Gasteiger partial charge in [-0.2, -0.15) is 13.2 Å². The molecule has 0 spiro atoms. The topological polar surface area (TPSA) is 58.2 Å². The largest absolute Gasteiger partial charge is 0.416 e. The van der Waals surface area contributed by atoms with Gasteiger partial charge in [0.25, 0.3) is 5.91 Å². The van der Waals surface area contributed by atoms with Crippen LogP contribution in [-0.2, 0) is 17.5 Å². The summed E-state index contributed by atoms with van der Waals surface area (Å²) in [4.78, 5) is 24.3. The van der Waals surface area contributed by atoms with E-state index in [1.807, 2.05) is 0 Å². The van der Waals surface area contributed by atoms with Crippen molar-refractivity contribution in [2.75, 3.05) is 0 Å². The summed E-state index contributed by atoms with van der Waals surface area (Å²) < 4.78 is 38.1. The van der Waals surface area contributed by atoms with E-state index in [1.54, 1.807) is 6.07 Å². The molecule has 2 aromatic carbocycles. The van der Waals surface area contributed by atoms with Crippen molar-refractivity contribution in [1.29, 1.82) is 0 Å². The van der Waals surface area contributed by atoms with Crippen LogP contribution in [0.1, 0.15) is 28.4 Å². The number of rotatable bonds is 5. The van der Waals surface area contributed by atoms with Crippen LogP contribution in [0.3, 0.4) is 0 Å². The predicted octanol–water partition coefficient (Wildman–Crippen LogP) is 4.45. The summed E-state index contributed by atoms with van der Waals surface area (Å²) in [5.74, 6) is -1.15. The average molecular weight is 419 g/mol. The highest BCUT2D eigenvalue weighted by atomic mass is 35.5. The van der Waals surface area contributed by atoms with Gasteiger partial charge in [0.15, 0.2) is 0 Å². The summed E-state index contributed by atoms with van der Waals surface area (Å²) in [6.07, 6.45) is -4.46. The Bertz CT molecular complexity index is 857. The van der Waals surface area contributed by atoms with Gasteiger partial charge < -0.3 is 10.6 Å². The Morgan fingerprint density at radius 2 is 1.78 bits per heavy atom. The number of nitrogens with one attached hydrogen (secondary N) is 2. The zero-order valence-corrected chi connectivity index (χ0v) is 15.5. The van der Waals surface area contributed by atoms with Crippen LogP contribution in [0.2, 0.25) is 10.0 Å². The fraction of sp³-hybridized carbons (Fsp3) is 0.222. The van der Waals surface area contributed by atoms with Gasteiger partial charge in [0.1, 0.15) is 6.04 Å². The van der Waals surface area contributed by atoms with Crippen LogP contribution in [0.15, 0.2) is 42.5 Å². The first-order valence-electron chi connectivity index (χ1n) is 7.78. The molecule has 2 amide bonds. The lowest BCUT2D eigenvalue weighted by Crippen LogP contribution is -2.44. The maximum absolute atomic E-state index is 12.7. The van der Waals surface area contributed by atoms with Gasteiger partial charge in [-0.15, -0.1) is 0 Å². The molecule has 0 heterocycles. The molecule has 9 heteroatoms. The van der Waals surface area contributed by atoms with Gasteiger partial charge in [0.2, 0.25) is 5.91 Å². The number of carbonyl (C=O) groups excluding carboxylic acids is 2. The predicted molar refractivity (Wildman–Crippen MR) is 96.7 cm³/mol. The van der Waals surface area contributed by atoms with Crippen LogP contribution < -0.4 is 10.6 Å². The molecule has 2 rings (SSSR count). The van der Waals surface area contributed by atoms with Gasteiger partial charge in [-0.1, -0.05) is 41.4 Å². The zero-order chi connectivity index (χ0) is 20.2. The van der Waals surface area contributed by atoms with Crippen molar-refractivity contribution in [3.05, 3.63) is 69.2 Å². The summed E-state index contributed by atoms with van der Waals surface area (Å²) in [6, 6.07) is 8.21. The molecule has 4 nitrogen and oxygen atoms in total. The Labute approximate surface area is 163 Å². The zero-order valence-electron chi connectivity index (χ0n) is 14.0. The first-order valence-corrected chi connectivity index (χ1v) is 8.54. The second-order valence-electron chi connectivity index (χ2n) is 5.71. The van der Waals surface area contributed by atoms with Crippen molar-refractivity contribution in [2.24, 2.45) is 0 Å². The van der Waals surface area contributed by atoms with E-state index in [0.717, 1.165) is 12.1 Å². The summed E-state index contributed by atoms with van der Waals surface area (Å²) >= 11 is 11.8. The van der Waals surface area contributed by atoms with Crippen molar-refractivity contribution in [3.63, 3.8) is 0 Å². The lowest BCUT2D eigenvalue weighted by atomic mass is 10.1. The molecule has 0 bridgehead atoms. The Kier molecular flexibility index (Phi) is 6.73. The standard InChI is InChI=1S/C18H15Cl2F3N2O2/c1-10(25-17(27)13-6-3-7-14(19)15(13)20)16(26)24-9-11-4-2-5-12(8-11)18(21,22)23/h2-8,10H,9H2,1H3,(H,24,26)(H,25,27). The molecule has 0 aromatic heterocycles. The average Bonchev–Trinajstić information content (AvgIpc) is 2.61. The van der Waals surface area contributed by atoms with E-state index >= 15 is 0 Å². The summed E-state index contributed by atoms with van der Waals surface area (Å²) in [7, 11) is 0. The van der Waals surface area contributed by atoms with Gasteiger partial charge in [0.05, 0.1) is 21.2 Å². The van der Waals surface area contributed by atoms with E-state index in [2.05, 4.69) is 10.6 Å². The van der Waals surface area contributed by atoms with Gasteiger partial charge in [0, 0.05) is 6.54 Å². The van der Waals surface area contributed by atoms with Crippen LogP contribution >= 0.6 is 23.2 Å². The van der Waals surface area contributed by atoms with E-state index in [9.17, 15) is 22.8 Å². The molecule has 27 heavy (non-hydrogen) atoms. The van der Waals surface area contributed by atoms with Crippen LogP contribution in [-0.4, -0.2) is 17.9 Å². The summed E-state index contributed by atoms with van der Waals surface area (Å²) in [5, 5.41) is 5.21. The molecule has 0 radical (unpaired) electrons. The van der Waals surface area contributed by atoms with Crippen molar-refractivity contribution in [2.45, 2.75) is 25.7 Å². The maximum Gasteiger partial charge on any atom is 0.416 e. The molecule has 0 aliphatic heterocycles. The minimum Gasteiger partial charge on any atom is -0.350 e. The van der Waals surface area contributed by atoms with E-state index in [0.29, 0.717) is 0 Å². The minimum absolute atomic E-state index is 0.0632. The highest BCUT2D eigenvalue weighted by Gasteiger charge is 2.30. The summed E-state index contributed by atoms with van der Waals surface area (Å²) in [6.45, 7) is 1.33. The number of halogens is 5. The monoisotopic (exact) mass is 418 g/mol. The second kappa shape index (κ2) is 8.63. The lowest BCUT2D eigenvalue weighted by molar-refractivity contribution is -0.137. The van der Waals surface area contributed by atoms with Gasteiger partial charge in [-0.05, 0) is 36.8 Å². The number of benzene rings is 2. The van der Waals surface area contributed by atoms with E-state index in [1.165, 1.54) is 31.2 Å². The Hall–Kier alpha value is -2.25. The van der Waals surface area contributed by atoms with Gasteiger partial charge >= 0.3 is 6.18 Å². The number of alkyl halides is 3. The fourth-order valence-electron chi connectivity index (χ4n) is 2.22. The quantitative estimate of drug-likeness (QED) is 0.753. The molecule has 0 saturated heterocycles. The fourth-order valence-corrected chi connectivity index (χ4v) is 2.61. The lowest BCUT2D eigenvalue weighted by Gasteiger charge is -2.15. The van der Waals surface area contributed by atoms with Crippen LogP contribution in [0.25, 0.3) is 0 Å². The van der Waals surface area contributed by atoms with Crippen LogP contribution in [0, 0.1) is 0 Å². The highest BCUT2D eigenvalue weighted by molar-refractivity contribution is 6.43. The molecule has 0 aliphatic rings. The number of hydrogen-bond acceptors (Lipinski definition) is 2. The molecule has 1 unspecified atom stereocenters. The molecule has 0 aliphatic carbocycles. The SMILES string of the molecule is CC(NC(=O)c1cccc(Cl)c1Cl)C(=O)NCc1cccc(C(F)(F)F)c1. The molecule has 144 valence electrons. The number of carbonyl (C=O) groups is 2. The van der Waals surface area contributed by atoms with Crippen molar-refractivity contribution < 1.29 is 22.8 Å². The molecular weight excluding hydrogens is 404 g/mol. The van der Waals surface area contributed by atoms with E-state index in [4.69, 9.17) is 23.2 Å². The van der Waals surface area contributed by atoms with E-state index < -0.39 is 29.6 Å². The highest BCUT2D eigenvalue weighted by Crippen LogP contribution is 2.29. The van der Waals surface area contributed by atoms with Crippen molar-refractivity contribution in [3.8, 4) is 0 Å². The van der Waals surface area contributed by atoms with Crippen molar-refractivity contribution >= 4 is 35.0 Å². The van der Waals surface area contributed by atoms with Gasteiger partial charge in [-0.25, -0.2) is 0 Å². The first kappa shape index (κ1) is 21.1. The van der Waals surface area contributed by atoms with Crippen molar-refractivity contribution in [1.82, 2.24) is 10.6 Å². The second-order valence-corrected chi connectivity index (χ2v) is 6.50. The Morgan fingerprint density at radius 1 is 1.11 bits per heavy atom. The molecule has 2 aromatic rings. The van der Waals surface area contributed by atoms with Crippen LogP contribution in [0.4, 0.5) is 13.2 Å². The minimum atomic E-state index is -4.46. The molecule has 0 fully saturated rings. The Balaban J connectivity index is 1.96. The van der Waals surface area contributed by atoms with Gasteiger partial charge in [-0.3, -0.25) is 9.59 Å². The smallest absolute Gasteiger partial charge is 0.350 e. The molecule has 1 atom stereocenters. The third-order valence-electron chi connectivity index (χ3n) is 3.66. The van der Waals surface area contributed by atoms with Crippen LogP contribution in [0.5, 0.6) is 0 Å². The Morgan fingerprint density at radius 3 is 2.44 bits per heavy atom. The maximum atomic E-state index is 12.7.